The number of hydrogen-bond acceptors (Lipinski definition) is 5. The summed E-state index contributed by atoms with van der Waals surface area (Å²) in [7, 11) is 0. The lowest BCUT2D eigenvalue weighted by Crippen LogP contribution is -2.58. The van der Waals surface area contributed by atoms with E-state index in [1.165, 1.54) is 5.56 Å². The number of carbonyl (C=O) groups is 1. The van der Waals surface area contributed by atoms with Crippen molar-refractivity contribution in [3.05, 3.63) is 53.2 Å². The smallest absolute Gasteiger partial charge is 0.227 e. The maximum absolute atomic E-state index is 12.8. The van der Waals surface area contributed by atoms with Gasteiger partial charge in [-0.05, 0) is 43.0 Å². The van der Waals surface area contributed by atoms with Crippen LogP contribution in [0.1, 0.15) is 50.4 Å². The Bertz CT molecular complexity index is 842. The van der Waals surface area contributed by atoms with Crippen LogP contribution in [0, 0.1) is 11.3 Å². The summed E-state index contributed by atoms with van der Waals surface area (Å²) < 4.78 is 0. The molecule has 2 unspecified atom stereocenters. The van der Waals surface area contributed by atoms with Gasteiger partial charge in [-0.3, -0.25) is 4.79 Å². The first kappa shape index (κ1) is 19.8. The Labute approximate surface area is 166 Å². The SMILES string of the molecule is CC(C)c1ccc(CC(=O)N2CC(C)N(c3ccc(C#N)nn3)C(C)C2)cc1. The third-order valence-corrected chi connectivity index (χ3v) is 5.30. The summed E-state index contributed by atoms with van der Waals surface area (Å²) in [6, 6.07) is 14.1. The number of rotatable bonds is 4. The molecule has 1 aromatic carbocycles. The molecule has 0 bridgehead atoms. The predicted molar refractivity (Wildman–Crippen MR) is 109 cm³/mol. The number of amides is 1. The monoisotopic (exact) mass is 377 g/mol. The van der Waals surface area contributed by atoms with E-state index in [2.05, 4.69) is 67.1 Å². The maximum Gasteiger partial charge on any atom is 0.227 e. The Morgan fingerprint density at radius 3 is 2.25 bits per heavy atom. The lowest BCUT2D eigenvalue weighted by molar-refractivity contribution is -0.131. The Balaban J connectivity index is 1.65. The molecule has 1 aromatic heterocycles. The zero-order chi connectivity index (χ0) is 20.3. The molecule has 146 valence electrons. The van der Waals surface area contributed by atoms with Crippen LogP contribution in [0.25, 0.3) is 0 Å². The molecular formula is C22H27N5O. The van der Waals surface area contributed by atoms with Crippen LogP contribution in [-0.2, 0) is 11.2 Å². The van der Waals surface area contributed by atoms with Crippen molar-refractivity contribution in [2.45, 2.75) is 52.1 Å². The molecular weight excluding hydrogens is 350 g/mol. The number of aromatic nitrogens is 2. The first-order chi connectivity index (χ1) is 13.4. The average Bonchev–Trinajstić information content (AvgIpc) is 2.68. The second kappa shape index (κ2) is 8.39. The Morgan fingerprint density at radius 1 is 1.11 bits per heavy atom. The van der Waals surface area contributed by atoms with E-state index < -0.39 is 0 Å². The van der Waals surface area contributed by atoms with Gasteiger partial charge in [-0.2, -0.15) is 5.26 Å². The summed E-state index contributed by atoms with van der Waals surface area (Å²) >= 11 is 0. The van der Waals surface area contributed by atoms with E-state index in [4.69, 9.17) is 5.26 Å². The van der Waals surface area contributed by atoms with Crippen molar-refractivity contribution >= 4 is 11.7 Å². The number of carbonyl (C=O) groups excluding carboxylic acids is 1. The molecule has 0 radical (unpaired) electrons. The quantitative estimate of drug-likeness (QED) is 0.818. The number of hydrogen-bond donors (Lipinski definition) is 0. The van der Waals surface area contributed by atoms with E-state index >= 15 is 0 Å². The van der Waals surface area contributed by atoms with Gasteiger partial charge in [0, 0.05) is 25.2 Å². The van der Waals surface area contributed by atoms with Crippen molar-refractivity contribution in [3.8, 4) is 6.07 Å². The minimum atomic E-state index is 0.123. The van der Waals surface area contributed by atoms with Gasteiger partial charge < -0.3 is 9.80 Å². The highest BCUT2D eigenvalue weighted by atomic mass is 16.2. The van der Waals surface area contributed by atoms with Gasteiger partial charge in [0.05, 0.1) is 6.42 Å². The zero-order valence-electron chi connectivity index (χ0n) is 17.0. The fourth-order valence-electron chi connectivity index (χ4n) is 3.81. The summed E-state index contributed by atoms with van der Waals surface area (Å²) in [5.41, 5.74) is 2.65. The summed E-state index contributed by atoms with van der Waals surface area (Å²) in [6.07, 6.45) is 0.425. The van der Waals surface area contributed by atoms with Crippen molar-refractivity contribution in [2.75, 3.05) is 18.0 Å². The van der Waals surface area contributed by atoms with Crippen LogP contribution in [-0.4, -0.2) is 46.2 Å². The molecule has 0 N–H and O–H groups in total. The van der Waals surface area contributed by atoms with Crippen LogP contribution in [0.4, 0.5) is 5.82 Å². The third-order valence-electron chi connectivity index (χ3n) is 5.30. The first-order valence-electron chi connectivity index (χ1n) is 9.77. The van der Waals surface area contributed by atoms with Crippen molar-refractivity contribution < 1.29 is 4.79 Å². The van der Waals surface area contributed by atoms with E-state index in [9.17, 15) is 4.79 Å². The predicted octanol–water partition coefficient (Wildman–Crippen LogP) is 3.14. The topological polar surface area (TPSA) is 73.1 Å². The number of nitrogens with zero attached hydrogens (tertiary/aromatic N) is 5. The number of benzene rings is 1. The molecule has 1 aliphatic rings. The zero-order valence-corrected chi connectivity index (χ0v) is 17.0. The maximum atomic E-state index is 12.8. The van der Waals surface area contributed by atoms with Crippen molar-refractivity contribution in [2.24, 2.45) is 0 Å². The molecule has 1 fully saturated rings. The standard InChI is InChI=1S/C22H27N5O/c1-15(2)19-7-5-18(6-8-19)11-22(28)26-13-16(3)27(17(4)14-26)21-10-9-20(12-23)24-25-21/h5-10,15-17H,11,13-14H2,1-4H3. The van der Waals surface area contributed by atoms with Gasteiger partial charge in [0.25, 0.3) is 0 Å². The van der Waals surface area contributed by atoms with Crippen molar-refractivity contribution in [1.29, 1.82) is 5.26 Å². The molecule has 0 aliphatic carbocycles. The second-order valence-corrected chi connectivity index (χ2v) is 7.87. The molecule has 2 atom stereocenters. The summed E-state index contributed by atoms with van der Waals surface area (Å²) in [5.74, 6) is 1.39. The van der Waals surface area contributed by atoms with Gasteiger partial charge in [-0.25, -0.2) is 0 Å². The summed E-state index contributed by atoms with van der Waals surface area (Å²) in [6.45, 7) is 9.81. The number of anilines is 1. The van der Waals surface area contributed by atoms with Gasteiger partial charge in [-0.1, -0.05) is 38.1 Å². The lowest BCUT2D eigenvalue weighted by atomic mass is 10.0. The molecule has 1 aliphatic heterocycles. The molecule has 2 aromatic rings. The van der Waals surface area contributed by atoms with E-state index in [-0.39, 0.29) is 18.0 Å². The van der Waals surface area contributed by atoms with Gasteiger partial charge in [0.2, 0.25) is 5.91 Å². The normalized spacial score (nSPS) is 19.6. The molecule has 2 heterocycles. The van der Waals surface area contributed by atoms with Gasteiger partial charge in [0.15, 0.2) is 11.5 Å². The molecule has 3 rings (SSSR count). The van der Waals surface area contributed by atoms with Crippen LogP contribution >= 0.6 is 0 Å². The molecule has 6 nitrogen and oxygen atoms in total. The fraction of sp³-hybridized carbons (Fsp3) is 0.455. The second-order valence-electron chi connectivity index (χ2n) is 7.87. The third kappa shape index (κ3) is 4.30. The molecule has 6 heteroatoms. The van der Waals surface area contributed by atoms with Crippen LogP contribution in [0.15, 0.2) is 36.4 Å². The molecule has 0 saturated carbocycles. The highest BCUT2D eigenvalue weighted by Crippen LogP contribution is 2.23. The Morgan fingerprint density at radius 2 is 1.75 bits per heavy atom. The highest BCUT2D eigenvalue weighted by Gasteiger charge is 2.32. The summed E-state index contributed by atoms with van der Waals surface area (Å²) in [4.78, 5) is 17.0. The van der Waals surface area contributed by atoms with Gasteiger partial charge >= 0.3 is 0 Å². The Hall–Kier alpha value is -2.94. The molecule has 1 amide bonds. The summed E-state index contributed by atoms with van der Waals surface area (Å²) in [5, 5.41) is 17.0. The van der Waals surface area contributed by atoms with E-state index in [1.54, 1.807) is 6.07 Å². The Kier molecular flexibility index (Phi) is 5.93. The molecule has 0 spiro atoms. The van der Waals surface area contributed by atoms with E-state index in [1.807, 2.05) is 17.0 Å². The largest absolute Gasteiger partial charge is 0.346 e. The van der Waals surface area contributed by atoms with Crippen LogP contribution in [0.3, 0.4) is 0 Å². The minimum absolute atomic E-state index is 0.123. The van der Waals surface area contributed by atoms with Gasteiger partial charge in [0.1, 0.15) is 6.07 Å². The lowest BCUT2D eigenvalue weighted by Gasteiger charge is -2.45. The first-order valence-corrected chi connectivity index (χ1v) is 9.77. The van der Waals surface area contributed by atoms with E-state index in [0.717, 1.165) is 11.4 Å². The minimum Gasteiger partial charge on any atom is -0.346 e. The average molecular weight is 377 g/mol. The van der Waals surface area contributed by atoms with Crippen LogP contribution in [0.5, 0.6) is 0 Å². The van der Waals surface area contributed by atoms with Crippen LogP contribution in [0.2, 0.25) is 0 Å². The van der Waals surface area contributed by atoms with Gasteiger partial charge in [-0.15, -0.1) is 10.2 Å². The van der Waals surface area contributed by atoms with Crippen LogP contribution < -0.4 is 4.90 Å². The number of piperazine rings is 1. The van der Waals surface area contributed by atoms with Crippen molar-refractivity contribution in [3.63, 3.8) is 0 Å². The molecule has 28 heavy (non-hydrogen) atoms. The highest BCUT2D eigenvalue weighted by molar-refractivity contribution is 5.79. The van der Waals surface area contributed by atoms with Crippen molar-refractivity contribution in [1.82, 2.24) is 15.1 Å². The number of nitriles is 1. The molecule has 1 saturated heterocycles. The fourth-order valence-corrected chi connectivity index (χ4v) is 3.81. The van der Waals surface area contributed by atoms with E-state index in [0.29, 0.717) is 31.1 Å².